The van der Waals surface area contributed by atoms with E-state index in [1.54, 1.807) is 23.7 Å². The maximum atomic E-state index is 5.12. The molecule has 0 unspecified atom stereocenters. The number of fused-ring (bicyclic) bond motifs is 6. The molecule has 0 aliphatic carbocycles. The third kappa shape index (κ3) is 5.05. The minimum absolute atomic E-state index is 0.839. The Labute approximate surface area is 318 Å². The van der Waals surface area contributed by atoms with Crippen molar-refractivity contribution in [1.29, 1.82) is 0 Å². The quantitative estimate of drug-likeness (QED) is 0.170. The van der Waals surface area contributed by atoms with Crippen LogP contribution in [-0.4, -0.2) is 39.3 Å². The van der Waals surface area contributed by atoms with E-state index in [0.717, 1.165) is 98.9 Å². The molecule has 9 heteroatoms. The number of pyridine rings is 4. The van der Waals surface area contributed by atoms with E-state index in [9.17, 15) is 0 Å². The standard InChI is InChI=1S/C46H28N8S/c1-3-19-37-31(13-1)43-33(15-5-21-39(43)53(37)41-23-7-17-35(49-41)29-11-9-25-47-27-29)45-51-52-46(55-45)34-16-6-22-40-44(34)32-14-2-4-20-38(32)54(40)42-24-8-18-36(50-42)30-12-10-26-48-28-30/h1-28H. The van der Waals surface area contributed by atoms with Crippen LogP contribution in [0, 0.1) is 0 Å². The second kappa shape index (κ2) is 12.6. The molecule has 11 aromatic rings. The van der Waals surface area contributed by atoms with E-state index in [0.29, 0.717) is 0 Å². The van der Waals surface area contributed by atoms with E-state index >= 15 is 0 Å². The zero-order valence-electron chi connectivity index (χ0n) is 29.2. The van der Waals surface area contributed by atoms with Crippen molar-refractivity contribution in [2.45, 2.75) is 0 Å². The second-order valence-electron chi connectivity index (χ2n) is 13.3. The van der Waals surface area contributed by atoms with E-state index in [-0.39, 0.29) is 0 Å². The molecule has 0 aliphatic heterocycles. The molecular weight excluding hydrogens is 697 g/mol. The molecule has 0 saturated heterocycles. The highest BCUT2D eigenvalue weighted by Crippen LogP contribution is 2.43. The molecule has 8 nitrogen and oxygen atoms in total. The van der Waals surface area contributed by atoms with Crippen LogP contribution in [0.4, 0.5) is 0 Å². The lowest BCUT2D eigenvalue weighted by molar-refractivity contribution is 1.08. The van der Waals surface area contributed by atoms with Gasteiger partial charge in [-0.2, -0.15) is 0 Å². The van der Waals surface area contributed by atoms with Crippen LogP contribution in [0.25, 0.3) is 98.9 Å². The molecule has 0 atom stereocenters. The van der Waals surface area contributed by atoms with Gasteiger partial charge in [0.25, 0.3) is 0 Å². The van der Waals surface area contributed by atoms with Crippen molar-refractivity contribution < 1.29 is 0 Å². The van der Waals surface area contributed by atoms with E-state index in [4.69, 9.17) is 20.2 Å². The van der Waals surface area contributed by atoms with Crippen molar-refractivity contribution in [3.63, 3.8) is 0 Å². The first-order valence-electron chi connectivity index (χ1n) is 17.9. The predicted octanol–water partition coefficient (Wildman–Crippen LogP) is 11.0. The van der Waals surface area contributed by atoms with Gasteiger partial charge in [0.1, 0.15) is 21.7 Å². The summed E-state index contributed by atoms with van der Waals surface area (Å²) < 4.78 is 4.48. The Kier molecular flexibility index (Phi) is 7.17. The molecule has 0 aliphatic rings. The third-order valence-electron chi connectivity index (χ3n) is 10.1. The van der Waals surface area contributed by atoms with E-state index in [1.807, 2.05) is 48.8 Å². The number of aromatic nitrogens is 8. The molecule has 258 valence electrons. The Balaban J connectivity index is 1.07. The lowest BCUT2D eigenvalue weighted by atomic mass is 10.1. The number of benzene rings is 4. The zero-order valence-corrected chi connectivity index (χ0v) is 30.0. The summed E-state index contributed by atoms with van der Waals surface area (Å²) in [7, 11) is 0. The average molecular weight is 725 g/mol. The molecule has 7 aromatic heterocycles. The summed E-state index contributed by atoms with van der Waals surface area (Å²) in [6, 6.07) is 50.0. The van der Waals surface area contributed by atoms with Crippen LogP contribution in [0.15, 0.2) is 170 Å². The van der Waals surface area contributed by atoms with E-state index in [1.165, 1.54) is 0 Å². The average Bonchev–Trinajstić information content (AvgIpc) is 3.98. The zero-order chi connectivity index (χ0) is 36.3. The lowest BCUT2D eigenvalue weighted by Crippen LogP contribution is -1.98. The fourth-order valence-corrected chi connectivity index (χ4v) is 8.68. The molecule has 0 radical (unpaired) electrons. The molecule has 0 saturated carbocycles. The number of hydrogen-bond donors (Lipinski definition) is 0. The van der Waals surface area contributed by atoms with Crippen molar-refractivity contribution in [3.05, 3.63) is 170 Å². The monoisotopic (exact) mass is 724 g/mol. The SMILES string of the molecule is c1cncc(-c2cccc(-n3c4ccccc4c4c(-c5nnc(-c6cccc7c6c6ccccc6n7-c6cccc(-c7cccnc7)n6)s5)cccc43)n2)c1. The van der Waals surface area contributed by atoms with Gasteiger partial charge in [0.2, 0.25) is 0 Å². The smallest absolute Gasteiger partial charge is 0.148 e. The topological polar surface area (TPSA) is 87.2 Å². The van der Waals surface area contributed by atoms with Crippen LogP contribution >= 0.6 is 11.3 Å². The van der Waals surface area contributed by atoms with Crippen LogP contribution in [0.5, 0.6) is 0 Å². The Hall–Kier alpha value is -7.36. The van der Waals surface area contributed by atoms with E-state index in [2.05, 4.69) is 128 Å². The molecular formula is C46H28N8S. The molecule has 0 bridgehead atoms. The first-order valence-corrected chi connectivity index (χ1v) is 18.8. The Morgan fingerprint density at radius 2 is 0.855 bits per heavy atom. The minimum Gasteiger partial charge on any atom is -0.294 e. The first-order chi connectivity index (χ1) is 27.3. The van der Waals surface area contributed by atoms with Crippen LogP contribution in [-0.2, 0) is 0 Å². The normalized spacial score (nSPS) is 11.6. The summed E-state index contributed by atoms with van der Waals surface area (Å²) in [5.41, 5.74) is 10.0. The summed E-state index contributed by atoms with van der Waals surface area (Å²) in [6.07, 6.45) is 7.25. The fraction of sp³-hybridized carbons (Fsp3) is 0. The summed E-state index contributed by atoms with van der Waals surface area (Å²) >= 11 is 1.61. The molecule has 55 heavy (non-hydrogen) atoms. The van der Waals surface area contributed by atoms with E-state index < -0.39 is 0 Å². The van der Waals surface area contributed by atoms with Crippen molar-refractivity contribution >= 4 is 54.9 Å². The minimum atomic E-state index is 0.839. The van der Waals surface area contributed by atoms with Gasteiger partial charge in [-0.15, -0.1) is 10.2 Å². The van der Waals surface area contributed by atoms with Gasteiger partial charge < -0.3 is 0 Å². The number of para-hydroxylation sites is 2. The molecule has 11 rings (SSSR count). The van der Waals surface area contributed by atoms with Crippen molar-refractivity contribution in [2.75, 3.05) is 0 Å². The maximum absolute atomic E-state index is 5.12. The van der Waals surface area contributed by atoms with Crippen molar-refractivity contribution in [3.8, 4) is 55.3 Å². The van der Waals surface area contributed by atoms with Gasteiger partial charge in [0.05, 0.1) is 33.5 Å². The largest absolute Gasteiger partial charge is 0.294 e. The predicted molar refractivity (Wildman–Crippen MR) is 222 cm³/mol. The van der Waals surface area contributed by atoms with Crippen LogP contribution in [0.2, 0.25) is 0 Å². The molecule has 4 aromatic carbocycles. The lowest BCUT2D eigenvalue weighted by Gasteiger charge is -2.09. The molecule has 7 heterocycles. The van der Waals surface area contributed by atoms with Gasteiger partial charge in [0.15, 0.2) is 0 Å². The summed E-state index contributed by atoms with van der Waals surface area (Å²) in [4.78, 5) is 18.9. The Bertz CT molecular complexity index is 3000. The van der Waals surface area contributed by atoms with Gasteiger partial charge in [0, 0.05) is 68.6 Å². The van der Waals surface area contributed by atoms with Gasteiger partial charge in [-0.05, 0) is 72.8 Å². The van der Waals surface area contributed by atoms with Crippen molar-refractivity contribution in [1.82, 2.24) is 39.3 Å². The number of rotatable bonds is 6. The summed E-state index contributed by atoms with van der Waals surface area (Å²) in [5.74, 6) is 1.68. The van der Waals surface area contributed by atoms with Crippen LogP contribution in [0.3, 0.4) is 0 Å². The molecule has 0 amide bonds. The van der Waals surface area contributed by atoms with Gasteiger partial charge in [-0.3, -0.25) is 19.1 Å². The maximum Gasteiger partial charge on any atom is 0.148 e. The van der Waals surface area contributed by atoms with Crippen molar-refractivity contribution in [2.24, 2.45) is 0 Å². The first kappa shape index (κ1) is 31.2. The van der Waals surface area contributed by atoms with Gasteiger partial charge in [-0.1, -0.05) is 84.1 Å². The third-order valence-corrected chi connectivity index (χ3v) is 11.1. The molecule has 0 spiro atoms. The van der Waals surface area contributed by atoms with Crippen LogP contribution < -0.4 is 0 Å². The molecule has 0 N–H and O–H groups in total. The highest BCUT2D eigenvalue weighted by atomic mass is 32.1. The second-order valence-corrected chi connectivity index (χ2v) is 14.2. The number of hydrogen-bond acceptors (Lipinski definition) is 7. The highest BCUT2D eigenvalue weighted by Gasteiger charge is 2.22. The van der Waals surface area contributed by atoms with Gasteiger partial charge >= 0.3 is 0 Å². The Morgan fingerprint density at radius 3 is 1.33 bits per heavy atom. The summed E-state index contributed by atoms with van der Waals surface area (Å²) in [6.45, 7) is 0. The molecule has 0 fully saturated rings. The highest BCUT2D eigenvalue weighted by molar-refractivity contribution is 7.18. The van der Waals surface area contributed by atoms with Crippen LogP contribution in [0.1, 0.15) is 0 Å². The Morgan fingerprint density at radius 1 is 0.400 bits per heavy atom. The fourth-order valence-electron chi connectivity index (χ4n) is 7.78. The van der Waals surface area contributed by atoms with Gasteiger partial charge in [-0.25, -0.2) is 9.97 Å². The summed E-state index contributed by atoms with van der Waals surface area (Å²) in [5, 5.41) is 15.9. The number of nitrogens with zero attached hydrogens (tertiary/aromatic N) is 8.